The van der Waals surface area contributed by atoms with Crippen LogP contribution in [0, 0.1) is 5.92 Å². The molecule has 0 radical (unpaired) electrons. The lowest BCUT2D eigenvalue weighted by molar-refractivity contribution is 0.963. The van der Waals surface area contributed by atoms with Gasteiger partial charge in [-0.15, -0.1) is 11.3 Å². The Morgan fingerprint density at radius 2 is 2.36 bits per heavy atom. The zero-order chi connectivity index (χ0) is 9.97. The lowest BCUT2D eigenvalue weighted by atomic mass is 10.3. The SMILES string of the molecule is NC(=NCCc1ccc(Br)s1)C1CC1. The van der Waals surface area contributed by atoms with Gasteiger partial charge >= 0.3 is 0 Å². The van der Waals surface area contributed by atoms with Gasteiger partial charge in [0.25, 0.3) is 0 Å². The quantitative estimate of drug-likeness (QED) is 0.665. The van der Waals surface area contributed by atoms with Crippen LogP contribution in [0.3, 0.4) is 0 Å². The summed E-state index contributed by atoms with van der Waals surface area (Å²) in [5, 5.41) is 0. The molecule has 1 aromatic rings. The monoisotopic (exact) mass is 272 g/mol. The maximum atomic E-state index is 5.79. The summed E-state index contributed by atoms with van der Waals surface area (Å²) in [6, 6.07) is 4.21. The van der Waals surface area contributed by atoms with E-state index < -0.39 is 0 Å². The molecule has 0 amide bonds. The van der Waals surface area contributed by atoms with E-state index in [1.54, 1.807) is 11.3 Å². The highest BCUT2D eigenvalue weighted by molar-refractivity contribution is 9.11. The third kappa shape index (κ3) is 2.82. The Morgan fingerprint density at radius 3 is 2.93 bits per heavy atom. The summed E-state index contributed by atoms with van der Waals surface area (Å²) in [7, 11) is 0. The number of amidine groups is 1. The van der Waals surface area contributed by atoms with Crippen LogP contribution in [0.4, 0.5) is 0 Å². The van der Waals surface area contributed by atoms with E-state index in [9.17, 15) is 0 Å². The third-order valence-corrected chi connectivity index (χ3v) is 3.96. The van der Waals surface area contributed by atoms with Crippen molar-refractivity contribution >= 4 is 33.1 Å². The van der Waals surface area contributed by atoms with Crippen LogP contribution in [0.5, 0.6) is 0 Å². The Morgan fingerprint density at radius 1 is 1.57 bits per heavy atom. The van der Waals surface area contributed by atoms with Crippen LogP contribution >= 0.6 is 27.3 Å². The van der Waals surface area contributed by atoms with Gasteiger partial charge in [-0.3, -0.25) is 4.99 Å². The van der Waals surface area contributed by atoms with Crippen molar-refractivity contribution in [3.8, 4) is 0 Å². The summed E-state index contributed by atoms with van der Waals surface area (Å²) in [5.74, 6) is 1.46. The molecule has 2 rings (SSSR count). The van der Waals surface area contributed by atoms with Gasteiger partial charge in [0.05, 0.1) is 9.62 Å². The molecule has 76 valence electrons. The van der Waals surface area contributed by atoms with Gasteiger partial charge in [-0.2, -0.15) is 0 Å². The number of rotatable bonds is 4. The molecule has 0 atom stereocenters. The van der Waals surface area contributed by atoms with Crippen LogP contribution in [0.1, 0.15) is 17.7 Å². The number of halogens is 1. The minimum atomic E-state index is 0.602. The van der Waals surface area contributed by atoms with Crippen LogP contribution in [-0.4, -0.2) is 12.4 Å². The van der Waals surface area contributed by atoms with Gasteiger partial charge in [0.2, 0.25) is 0 Å². The Hall–Kier alpha value is -0.350. The smallest absolute Gasteiger partial charge is 0.0968 e. The maximum Gasteiger partial charge on any atom is 0.0968 e. The molecule has 2 nitrogen and oxygen atoms in total. The standard InChI is InChI=1S/C10H13BrN2S/c11-9-4-3-8(14-9)5-6-13-10(12)7-1-2-7/h3-4,7H,1-2,5-6H2,(H2,12,13). The summed E-state index contributed by atoms with van der Waals surface area (Å²) in [4.78, 5) is 5.74. The molecule has 0 unspecified atom stereocenters. The number of nitrogens with two attached hydrogens (primary N) is 1. The molecule has 0 spiro atoms. The highest BCUT2D eigenvalue weighted by Gasteiger charge is 2.24. The van der Waals surface area contributed by atoms with Gasteiger partial charge in [0.15, 0.2) is 0 Å². The molecule has 0 saturated heterocycles. The predicted octanol–water partition coefficient (Wildman–Crippen LogP) is 2.82. The van der Waals surface area contributed by atoms with E-state index in [2.05, 4.69) is 33.1 Å². The Labute approximate surface area is 96.4 Å². The van der Waals surface area contributed by atoms with E-state index in [1.165, 1.54) is 21.5 Å². The zero-order valence-electron chi connectivity index (χ0n) is 7.87. The topological polar surface area (TPSA) is 38.4 Å². The molecular formula is C10H13BrN2S. The Balaban J connectivity index is 1.79. The summed E-state index contributed by atoms with van der Waals surface area (Å²) in [6.45, 7) is 0.829. The second-order valence-electron chi connectivity index (χ2n) is 3.54. The van der Waals surface area contributed by atoms with Crippen LogP contribution in [0.15, 0.2) is 20.9 Å². The van der Waals surface area contributed by atoms with Crippen LogP contribution < -0.4 is 5.73 Å². The van der Waals surface area contributed by atoms with Crippen LogP contribution in [0.25, 0.3) is 0 Å². The van der Waals surface area contributed by atoms with E-state index in [-0.39, 0.29) is 0 Å². The van der Waals surface area contributed by atoms with Gasteiger partial charge in [0, 0.05) is 23.8 Å². The van der Waals surface area contributed by atoms with Crippen molar-refractivity contribution in [2.75, 3.05) is 6.54 Å². The Kier molecular flexibility index (Phi) is 3.23. The lowest BCUT2D eigenvalue weighted by Crippen LogP contribution is -2.14. The van der Waals surface area contributed by atoms with Crippen LogP contribution in [-0.2, 0) is 6.42 Å². The number of thiophene rings is 1. The molecule has 0 bridgehead atoms. The lowest BCUT2D eigenvalue weighted by Gasteiger charge is -1.96. The first-order valence-corrected chi connectivity index (χ1v) is 6.40. The van der Waals surface area contributed by atoms with E-state index in [0.717, 1.165) is 18.8 Å². The second-order valence-corrected chi connectivity index (χ2v) is 6.08. The van der Waals surface area contributed by atoms with E-state index in [4.69, 9.17) is 5.73 Å². The molecule has 2 N–H and O–H groups in total. The first-order chi connectivity index (χ1) is 6.75. The molecule has 0 aliphatic heterocycles. The summed E-state index contributed by atoms with van der Waals surface area (Å²) in [5.41, 5.74) is 5.79. The molecule has 1 heterocycles. The van der Waals surface area contributed by atoms with Gasteiger partial charge in [0.1, 0.15) is 0 Å². The van der Waals surface area contributed by atoms with Crippen molar-refractivity contribution in [3.05, 3.63) is 20.8 Å². The average Bonchev–Trinajstić information content (AvgIpc) is 2.92. The Bertz CT molecular complexity index is 342. The van der Waals surface area contributed by atoms with Crippen LogP contribution in [0.2, 0.25) is 0 Å². The molecule has 4 heteroatoms. The van der Waals surface area contributed by atoms with Gasteiger partial charge < -0.3 is 5.73 Å². The normalized spacial score (nSPS) is 17.4. The number of hydrogen-bond donors (Lipinski definition) is 1. The maximum absolute atomic E-state index is 5.79. The van der Waals surface area contributed by atoms with Crippen molar-refractivity contribution in [3.63, 3.8) is 0 Å². The molecule has 1 aromatic heterocycles. The number of aliphatic imine (C=N–C) groups is 1. The summed E-state index contributed by atoms with van der Waals surface area (Å²) in [6.07, 6.45) is 3.48. The third-order valence-electron chi connectivity index (χ3n) is 2.28. The van der Waals surface area contributed by atoms with Crippen molar-refractivity contribution < 1.29 is 0 Å². The molecule has 0 aromatic carbocycles. The fourth-order valence-electron chi connectivity index (χ4n) is 1.29. The fourth-order valence-corrected chi connectivity index (χ4v) is 2.76. The van der Waals surface area contributed by atoms with Gasteiger partial charge in [-0.25, -0.2) is 0 Å². The largest absolute Gasteiger partial charge is 0.387 e. The van der Waals surface area contributed by atoms with Crippen molar-refractivity contribution in [2.45, 2.75) is 19.3 Å². The minimum Gasteiger partial charge on any atom is -0.387 e. The predicted molar refractivity (Wildman–Crippen MR) is 64.9 cm³/mol. The second kappa shape index (κ2) is 4.45. The number of nitrogens with zero attached hydrogens (tertiary/aromatic N) is 1. The first kappa shape index (κ1) is 10.2. The number of hydrogen-bond acceptors (Lipinski definition) is 2. The van der Waals surface area contributed by atoms with E-state index in [1.807, 2.05) is 0 Å². The molecule has 1 saturated carbocycles. The highest BCUT2D eigenvalue weighted by Crippen LogP contribution is 2.28. The van der Waals surface area contributed by atoms with Gasteiger partial charge in [-0.1, -0.05) is 0 Å². The molecule has 1 fully saturated rings. The molecule has 14 heavy (non-hydrogen) atoms. The molecule has 1 aliphatic rings. The van der Waals surface area contributed by atoms with Gasteiger partial charge in [-0.05, 0) is 40.9 Å². The van der Waals surface area contributed by atoms with Crippen molar-refractivity contribution in [1.29, 1.82) is 0 Å². The fraction of sp³-hybridized carbons (Fsp3) is 0.500. The first-order valence-electron chi connectivity index (χ1n) is 4.80. The highest BCUT2D eigenvalue weighted by atomic mass is 79.9. The zero-order valence-corrected chi connectivity index (χ0v) is 10.3. The van der Waals surface area contributed by atoms with Crippen molar-refractivity contribution in [2.24, 2.45) is 16.6 Å². The van der Waals surface area contributed by atoms with E-state index >= 15 is 0 Å². The average molecular weight is 273 g/mol. The van der Waals surface area contributed by atoms with E-state index in [0.29, 0.717) is 5.92 Å². The molecule has 1 aliphatic carbocycles. The molecular weight excluding hydrogens is 260 g/mol. The summed E-state index contributed by atoms with van der Waals surface area (Å²) < 4.78 is 1.19. The summed E-state index contributed by atoms with van der Waals surface area (Å²) >= 11 is 5.21. The minimum absolute atomic E-state index is 0.602. The van der Waals surface area contributed by atoms with Crippen molar-refractivity contribution in [1.82, 2.24) is 0 Å².